The molecule has 1 unspecified atom stereocenters. The zero-order valence-electron chi connectivity index (χ0n) is 13.6. The van der Waals surface area contributed by atoms with Crippen molar-refractivity contribution < 1.29 is 4.74 Å². The van der Waals surface area contributed by atoms with Crippen molar-refractivity contribution in [1.82, 2.24) is 5.32 Å². The van der Waals surface area contributed by atoms with Gasteiger partial charge in [0, 0.05) is 19.8 Å². The molecule has 0 spiro atoms. The summed E-state index contributed by atoms with van der Waals surface area (Å²) in [6.45, 7) is 15.0. The monoisotopic (exact) mass is 288 g/mol. The van der Waals surface area contributed by atoms with Crippen LogP contribution < -0.4 is 5.32 Å². The fourth-order valence-electron chi connectivity index (χ4n) is 2.55. The molecule has 0 saturated heterocycles. The van der Waals surface area contributed by atoms with Crippen LogP contribution in [0.1, 0.15) is 26.7 Å². The highest BCUT2D eigenvalue weighted by Crippen LogP contribution is 2.31. The van der Waals surface area contributed by atoms with Crippen LogP contribution >= 0.6 is 0 Å². The van der Waals surface area contributed by atoms with Gasteiger partial charge < -0.3 is 10.1 Å². The van der Waals surface area contributed by atoms with Crippen LogP contribution in [0.5, 0.6) is 0 Å². The van der Waals surface area contributed by atoms with E-state index in [9.17, 15) is 0 Å². The van der Waals surface area contributed by atoms with Gasteiger partial charge in [-0.1, -0.05) is 33.1 Å². The van der Waals surface area contributed by atoms with Gasteiger partial charge in [0.25, 0.3) is 0 Å². The van der Waals surface area contributed by atoms with Gasteiger partial charge in [-0.3, -0.25) is 4.99 Å². The van der Waals surface area contributed by atoms with Crippen LogP contribution in [0.2, 0.25) is 0 Å². The quantitative estimate of drug-likeness (QED) is 0.548. The molecule has 0 aromatic heterocycles. The molecule has 1 rings (SSSR count). The topological polar surface area (TPSA) is 33.6 Å². The van der Waals surface area contributed by atoms with Crippen molar-refractivity contribution in [3.05, 3.63) is 47.6 Å². The molecule has 21 heavy (non-hydrogen) atoms. The first-order chi connectivity index (χ1) is 10.2. The number of ether oxygens (including phenoxy) is 1. The molecule has 1 N–H and O–H groups in total. The summed E-state index contributed by atoms with van der Waals surface area (Å²) >= 11 is 0. The summed E-state index contributed by atoms with van der Waals surface area (Å²) in [6.07, 6.45) is 7.70. The molecular weight excluding hydrogens is 260 g/mol. The molecule has 116 valence electrons. The highest BCUT2D eigenvalue weighted by atomic mass is 16.5. The second kappa shape index (κ2) is 9.48. The molecule has 3 heteroatoms. The molecule has 1 aliphatic rings. The van der Waals surface area contributed by atoms with E-state index < -0.39 is 0 Å². The molecular formula is C18H28N2O. The maximum atomic E-state index is 5.88. The van der Waals surface area contributed by atoms with Gasteiger partial charge in [-0.05, 0) is 47.8 Å². The lowest BCUT2D eigenvalue weighted by Gasteiger charge is -2.29. The van der Waals surface area contributed by atoms with Crippen molar-refractivity contribution in [2.24, 2.45) is 4.99 Å². The second-order valence-electron chi connectivity index (χ2n) is 4.99. The smallest absolute Gasteiger partial charge is 0.0952 e. The molecule has 0 amide bonds. The summed E-state index contributed by atoms with van der Waals surface area (Å²) in [7, 11) is 1.78. The highest BCUT2D eigenvalue weighted by Gasteiger charge is 2.23. The van der Waals surface area contributed by atoms with Crippen molar-refractivity contribution >= 4 is 6.21 Å². The Bertz CT molecular complexity index is 458. The lowest BCUT2D eigenvalue weighted by Crippen LogP contribution is -2.34. The minimum atomic E-state index is 0.0703. The Morgan fingerprint density at radius 1 is 1.48 bits per heavy atom. The summed E-state index contributed by atoms with van der Waals surface area (Å²) in [4.78, 5) is 4.03. The van der Waals surface area contributed by atoms with Gasteiger partial charge in [0.15, 0.2) is 0 Å². The molecule has 0 bridgehead atoms. The molecule has 1 aliphatic heterocycles. The molecule has 0 radical (unpaired) electrons. The first kappa shape index (κ1) is 17.6. The van der Waals surface area contributed by atoms with E-state index in [0.29, 0.717) is 0 Å². The highest BCUT2D eigenvalue weighted by molar-refractivity contribution is 5.74. The van der Waals surface area contributed by atoms with E-state index in [1.54, 1.807) is 7.05 Å². The van der Waals surface area contributed by atoms with Crippen molar-refractivity contribution in [3.8, 4) is 0 Å². The van der Waals surface area contributed by atoms with Gasteiger partial charge in [0.2, 0.25) is 0 Å². The van der Waals surface area contributed by atoms with E-state index in [1.807, 2.05) is 18.4 Å². The molecule has 0 aliphatic carbocycles. The number of nitrogens with one attached hydrogen (secondary N) is 1. The third-order valence-corrected chi connectivity index (χ3v) is 3.72. The Kier molecular flexibility index (Phi) is 7.95. The third-order valence-electron chi connectivity index (χ3n) is 3.72. The van der Waals surface area contributed by atoms with E-state index in [0.717, 1.165) is 38.1 Å². The van der Waals surface area contributed by atoms with Crippen LogP contribution in [0, 0.1) is 0 Å². The number of aliphatic imine (C=N–C) groups is 1. The summed E-state index contributed by atoms with van der Waals surface area (Å²) in [5.74, 6) is 0. The van der Waals surface area contributed by atoms with Gasteiger partial charge in [0.05, 0.1) is 12.7 Å². The summed E-state index contributed by atoms with van der Waals surface area (Å²) in [5.41, 5.74) is 4.76. The van der Waals surface area contributed by atoms with E-state index in [4.69, 9.17) is 4.74 Å². The van der Waals surface area contributed by atoms with Gasteiger partial charge >= 0.3 is 0 Å². The molecule has 3 nitrogen and oxygen atoms in total. The molecule has 1 atom stereocenters. The molecule has 0 fully saturated rings. The van der Waals surface area contributed by atoms with Crippen molar-refractivity contribution in [1.29, 1.82) is 0 Å². The van der Waals surface area contributed by atoms with Crippen LogP contribution in [0.25, 0.3) is 0 Å². The average Bonchev–Trinajstić information content (AvgIpc) is 2.52. The Balaban J connectivity index is 3.07. The normalized spacial score (nSPS) is 20.1. The summed E-state index contributed by atoms with van der Waals surface area (Å²) < 4.78 is 5.88. The van der Waals surface area contributed by atoms with Gasteiger partial charge in [-0.15, -0.1) is 0 Å². The maximum Gasteiger partial charge on any atom is 0.0952 e. The number of hydrogen-bond acceptors (Lipinski definition) is 3. The molecule has 1 heterocycles. The number of nitrogens with zero attached hydrogens (tertiary/aromatic N) is 1. The fourth-order valence-corrected chi connectivity index (χ4v) is 2.55. The van der Waals surface area contributed by atoms with Crippen molar-refractivity contribution in [3.63, 3.8) is 0 Å². The third kappa shape index (κ3) is 4.80. The minimum Gasteiger partial charge on any atom is -0.372 e. The standard InChI is InChI=1S/C18H28N2O/c1-6-15(9-11-19-5)14(4)17-10-12-21-18(13-20-8-3)16(17)7-2/h7,9,11,18,20H,2,4,6,8,10,12-13H2,1,3,5H3/b15-9+,19-11?. The average molecular weight is 288 g/mol. The number of rotatable bonds is 8. The largest absolute Gasteiger partial charge is 0.372 e. The van der Waals surface area contributed by atoms with E-state index in [-0.39, 0.29) is 6.10 Å². The first-order valence-corrected chi connectivity index (χ1v) is 7.68. The van der Waals surface area contributed by atoms with Gasteiger partial charge in [-0.25, -0.2) is 0 Å². The van der Waals surface area contributed by atoms with Crippen LogP contribution in [-0.4, -0.2) is 39.1 Å². The number of hydrogen-bond donors (Lipinski definition) is 1. The van der Waals surface area contributed by atoms with Crippen LogP contribution in [0.3, 0.4) is 0 Å². The van der Waals surface area contributed by atoms with Gasteiger partial charge in [-0.2, -0.15) is 0 Å². The number of likely N-dealkylation sites (N-methyl/N-ethyl adjacent to an activating group) is 1. The van der Waals surface area contributed by atoms with E-state index >= 15 is 0 Å². The Hall–Kier alpha value is -1.45. The lowest BCUT2D eigenvalue weighted by atomic mass is 9.87. The zero-order valence-corrected chi connectivity index (χ0v) is 13.6. The van der Waals surface area contributed by atoms with E-state index in [1.165, 1.54) is 16.7 Å². The van der Waals surface area contributed by atoms with Crippen molar-refractivity contribution in [2.75, 3.05) is 26.7 Å². The lowest BCUT2D eigenvalue weighted by molar-refractivity contribution is 0.0710. The zero-order chi connectivity index (χ0) is 15.7. The minimum absolute atomic E-state index is 0.0703. The molecule has 0 aromatic rings. The predicted octanol–water partition coefficient (Wildman–Crippen LogP) is 3.46. The summed E-state index contributed by atoms with van der Waals surface area (Å²) in [5, 5.41) is 3.35. The molecule has 0 saturated carbocycles. The van der Waals surface area contributed by atoms with Crippen LogP contribution in [0.15, 0.2) is 52.6 Å². The maximum absolute atomic E-state index is 5.88. The SMILES string of the molecule is C=CC1=C(C(=C)/C(=C/C=NC)CC)CCOC1CNCC. The van der Waals surface area contributed by atoms with E-state index in [2.05, 4.69) is 37.3 Å². The Morgan fingerprint density at radius 3 is 2.81 bits per heavy atom. The Labute approximate surface area is 129 Å². The first-order valence-electron chi connectivity index (χ1n) is 7.68. The second-order valence-corrected chi connectivity index (χ2v) is 4.99. The van der Waals surface area contributed by atoms with Crippen LogP contribution in [0.4, 0.5) is 0 Å². The predicted molar refractivity (Wildman–Crippen MR) is 92.1 cm³/mol. The van der Waals surface area contributed by atoms with Crippen LogP contribution in [-0.2, 0) is 4.74 Å². The Morgan fingerprint density at radius 2 is 2.24 bits per heavy atom. The summed E-state index contributed by atoms with van der Waals surface area (Å²) in [6, 6.07) is 0. The van der Waals surface area contributed by atoms with Crippen molar-refractivity contribution in [2.45, 2.75) is 32.8 Å². The molecule has 0 aromatic carbocycles. The number of allylic oxidation sites excluding steroid dienone is 3. The fraction of sp³-hybridized carbons (Fsp3) is 0.500. The van der Waals surface area contributed by atoms with Gasteiger partial charge in [0.1, 0.15) is 0 Å².